The molecule has 0 unspecified atom stereocenters. The standard InChI is InChI=1S/C17H25NO2/c1-17(2,3)20-16(19)14-11-7-8-12-15(14)18-13-9-5-4-6-10-13/h7-8,11-13,18H,4-6,9-10H2,1-3H3. The third kappa shape index (κ3) is 4.26. The van der Waals surface area contributed by atoms with Crippen LogP contribution in [0.2, 0.25) is 0 Å². The van der Waals surface area contributed by atoms with Crippen LogP contribution in [0, 0.1) is 0 Å². The molecule has 0 bridgehead atoms. The number of hydrogen-bond acceptors (Lipinski definition) is 3. The number of rotatable bonds is 3. The molecular weight excluding hydrogens is 250 g/mol. The van der Waals surface area contributed by atoms with Gasteiger partial charge in [-0.3, -0.25) is 0 Å². The number of carbonyl (C=O) groups is 1. The number of benzene rings is 1. The fourth-order valence-corrected chi connectivity index (χ4v) is 2.59. The van der Waals surface area contributed by atoms with Gasteiger partial charge in [-0.15, -0.1) is 0 Å². The highest BCUT2D eigenvalue weighted by Crippen LogP contribution is 2.25. The van der Waals surface area contributed by atoms with Crippen LogP contribution in [0.1, 0.15) is 63.2 Å². The molecule has 1 fully saturated rings. The molecule has 1 aromatic rings. The van der Waals surface area contributed by atoms with E-state index in [9.17, 15) is 4.79 Å². The molecule has 1 aliphatic carbocycles. The van der Waals surface area contributed by atoms with Crippen molar-refractivity contribution >= 4 is 11.7 Å². The summed E-state index contributed by atoms with van der Waals surface area (Å²) in [5.41, 5.74) is 1.07. The minimum atomic E-state index is -0.463. The molecule has 110 valence electrons. The van der Waals surface area contributed by atoms with Gasteiger partial charge in [0.15, 0.2) is 0 Å². The van der Waals surface area contributed by atoms with Gasteiger partial charge in [-0.1, -0.05) is 31.4 Å². The van der Waals surface area contributed by atoms with Gasteiger partial charge in [-0.2, -0.15) is 0 Å². The number of esters is 1. The lowest BCUT2D eigenvalue weighted by Crippen LogP contribution is -2.26. The van der Waals surface area contributed by atoms with E-state index in [1.807, 2.05) is 45.0 Å². The van der Waals surface area contributed by atoms with E-state index in [1.54, 1.807) is 0 Å². The number of nitrogens with one attached hydrogen (secondary N) is 1. The highest BCUT2D eigenvalue weighted by Gasteiger charge is 2.21. The maximum absolute atomic E-state index is 12.3. The summed E-state index contributed by atoms with van der Waals surface area (Å²) >= 11 is 0. The van der Waals surface area contributed by atoms with Gasteiger partial charge >= 0.3 is 5.97 Å². The van der Waals surface area contributed by atoms with Gasteiger partial charge in [-0.25, -0.2) is 4.79 Å². The third-order valence-electron chi connectivity index (χ3n) is 3.51. The minimum Gasteiger partial charge on any atom is -0.456 e. The Balaban J connectivity index is 2.11. The van der Waals surface area contributed by atoms with Gasteiger partial charge in [-0.05, 0) is 45.7 Å². The summed E-state index contributed by atoms with van der Waals surface area (Å²) in [6, 6.07) is 8.12. The van der Waals surface area contributed by atoms with E-state index in [1.165, 1.54) is 32.1 Å². The zero-order chi connectivity index (χ0) is 14.6. The van der Waals surface area contributed by atoms with Crippen molar-refractivity contribution in [3.63, 3.8) is 0 Å². The molecule has 1 N–H and O–H groups in total. The lowest BCUT2D eigenvalue weighted by atomic mass is 9.95. The predicted molar refractivity (Wildman–Crippen MR) is 82.1 cm³/mol. The fraction of sp³-hybridized carbons (Fsp3) is 0.588. The van der Waals surface area contributed by atoms with Gasteiger partial charge in [0.25, 0.3) is 0 Å². The van der Waals surface area contributed by atoms with Gasteiger partial charge in [0.05, 0.1) is 5.56 Å². The molecule has 3 heteroatoms. The lowest BCUT2D eigenvalue weighted by Gasteiger charge is -2.26. The fourth-order valence-electron chi connectivity index (χ4n) is 2.59. The van der Waals surface area contributed by atoms with Gasteiger partial charge in [0.1, 0.15) is 5.60 Å². The first kappa shape index (κ1) is 14.9. The molecule has 0 radical (unpaired) electrons. The Morgan fingerprint density at radius 2 is 1.80 bits per heavy atom. The zero-order valence-corrected chi connectivity index (χ0v) is 12.7. The van der Waals surface area contributed by atoms with E-state index in [0.29, 0.717) is 11.6 Å². The summed E-state index contributed by atoms with van der Waals surface area (Å²) in [6.07, 6.45) is 6.23. The van der Waals surface area contributed by atoms with Gasteiger partial charge in [0, 0.05) is 11.7 Å². The summed E-state index contributed by atoms with van der Waals surface area (Å²) in [4.78, 5) is 12.3. The normalized spacial score (nSPS) is 16.8. The third-order valence-corrected chi connectivity index (χ3v) is 3.51. The van der Waals surface area contributed by atoms with Crippen LogP contribution >= 0.6 is 0 Å². The Labute approximate surface area is 121 Å². The highest BCUT2D eigenvalue weighted by atomic mass is 16.6. The second-order valence-corrected chi connectivity index (χ2v) is 6.53. The van der Waals surface area contributed by atoms with Crippen molar-refractivity contribution in [3.05, 3.63) is 29.8 Å². The van der Waals surface area contributed by atoms with E-state index in [4.69, 9.17) is 4.74 Å². The van der Waals surface area contributed by atoms with Crippen molar-refractivity contribution in [2.24, 2.45) is 0 Å². The molecule has 0 aliphatic heterocycles. The monoisotopic (exact) mass is 275 g/mol. The molecule has 3 nitrogen and oxygen atoms in total. The molecule has 1 saturated carbocycles. The largest absolute Gasteiger partial charge is 0.456 e. The van der Waals surface area contributed by atoms with Crippen LogP contribution in [-0.2, 0) is 4.74 Å². The second kappa shape index (κ2) is 6.29. The Bertz CT molecular complexity index is 456. The summed E-state index contributed by atoms with van der Waals surface area (Å²) in [6.45, 7) is 5.67. The Morgan fingerprint density at radius 1 is 1.15 bits per heavy atom. The van der Waals surface area contributed by atoms with E-state index >= 15 is 0 Å². The molecule has 0 amide bonds. The van der Waals surface area contributed by atoms with Crippen LogP contribution in [0.25, 0.3) is 0 Å². The summed E-state index contributed by atoms with van der Waals surface area (Å²) < 4.78 is 5.47. The molecule has 1 aromatic carbocycles. The Kier molecular flexibility index (Phi) is 4.69. The first-order valence-electron chi connectivity index (χ1n) is 7.54. The quantitative estimate of drug-likeness (QED) is 0.832. The lowest BCUT2D eigenvalue weighted by molar-refractivity contribution is 0.00706. The molecule has 0 spiro atoms. The summed E-state index contributed by atoms with van der Waals surface area (Å²) in [5, 5.41) is 3.52. The van der Waals surface area contributed by atoms with Crippen molar-refractivity contribution in [1.29, 1.82) is 0 Å². The van der Waals surface area contributed by atoms with E-state index in [-0.39, 0.29) is 5.97 Å². The molecule has 20 heavy (non-hydrogen) atoms. The number of hydrogen-bond donors (Lipinski definition) is 1. The van der Waals surface area contributed by atoms with Crippen LogP contribution in [0.3, 0.4) is 0 Å². The molecular formula is C17H25NO2. The Morgan fingerprint density at radius 3 is 2.45 bits per heavy atom. The topological polar surface area (TPSA) is 38.3 Å². The maximum Gasteiger partial charge on any atom is 0.340 e. The first-order chi connectivity index (χ1) is 9.46. The molecule has 0 aromatic heterocycles. The number of carbonyl (C=O) groups excluding carboxylic acids is 1. The van der Waals surface area contributed by atoms with Crippen LogP contribution in [0.5, 0.6) is 0 Å². The number of anilines is 1. The summed E-state index contributed by atoms with van der Waals surface area (Å²) in [5.74, 6) is -0.253. The first-order valence-corrected chi connectivity index (χ1v) is 7.54. The van der Waals surface area contributed by atoms with Crippen molar-refractivity contribution in [2.45, 2.75) is 64.5 Å². The van der Waals surface area contributed by atoms with Crippen molar-refractivity contribution in [1.82, 2.24) is 0 Å². The number of ether oxygens (including phenoxy) is 1. The summed E-state index contributed by atoms with van der Waals surface area (Å²) in [7, 11) is 0. The molecule has 0 saturated heterocycles. The average molecular weight is 275 g/mol. The maximum atomic E-state index is 12.3. The van der Waals surface area contributed by atoms with Crippen LogP contribution in [0.15, 0.2) is 24.3 Å². The van der Waals surface area contributed by atoms with E-state index < -0.39 is 5.60 Å². The molecule has 1 aliphatic rings. The van der Waals surface area contributed by atoms with Crippen LogP contribution < -0.4 is 5.32 Å². The SMILES string of the molecule is CC(C)(C)OC(=O)c1ccccc1NC1CCCCC1. The predicted octanol–water partition coefficient (Wildman–Crippen LogP) is 4.39. The van der Waals surface area contributed by atoms with Crippen molar-refractivity contribution < 1.29 is 9.53 Å². The van der Waals surface area contributed by atoms with E-state index in [2.05, 4.69) is 5.32 Å². The zero-order valence-electron chi connectivity index (χ0n) is 12.7. The highest BCUT2D eigenvalue weighted by molar-refractivity contribution is 5.95. The van der Waals surface area contributed by atoms with Gasteiger partial charge in [0.2, 0.25) is 0 Å². The average Bonchev–Trinajstić information content (AvgIpc) is 2.38. The second-order valence-electron chi connectivity index (χ2n) is 6.53. The molecule has 0 atom stereocenters. The smallest absolute Gasteiger partial charge is 0.340 e. The molecule has 2 rings (SSSR count). The minimum absolute atomic E-state index is 0.253. The van der Waals surface area contributed by atoms with Gasteiger partial charge < -0.3 is 10.1 Å². The Hall–Kier alpha value is -1.51. The molecule has 0 heterocycles. The van der Waals surface area contributed by atoms with E-state index in [0.717, 1.165) is 5.69 Å². The van der Waals surface area contributed by atoms with Crippen LogP contribution in [0.4, 0.5) is 5.69 Å². The van der Waals surface area contributed by atoms with Crippen molar-refractivity contribution in [2.75, 3.05) is 5.32 Å². The van der Waals surface area contributed by atoms with Crippen LogP contribution in [-0.4, -0.2) is 17.6 Å². The van der Waals surface area contributed by atoms with Crippen molar-refractivity contribution in [3.8, 4) is 0 Å². The number of para-hydroxylation sites is 1.